The van der Waals surface area contributed by atoms with E-state index in [1.807, 2.05) is 24.3 Å². The maximum Gasteiger partial charge on any atom is 0.279 e. The smallest absolute Gasteiger partial charge is 0.279 e. The number of ether oxygens (including phenoxy) is 1. The molecular formula is C22H21N5O5. The molecule has 0 unspecified atom stereocenters. The van der Waals surface area contributed by atoms with Gasteiger partial charge >= 0.3 is 0 Å². The number of carbonyl (C=O) groups is 2. The summed E-state index contributed by atoms with van der Waals surface area (Å²) < 4.78 is 16.0. The summed E-state index contributed by atoms with van der Waals surface area (Å²) in [4.78, 5) is 29.5. The quantitative estimate of drug-likeness (QED) is 0.397. The molecule has 3 aromatic heterocycles. The summed E-state index contributed by atoms with van der Waals surface area (Å²) in [6.45, 7) is 2.24. The van der Waals surface area contributed by atoms with Gasteiger partial charge in [0, 0.05) is 19.6 Å². The van der Waals surface area contributed by atoms with E-state index in [-0.39, 0.29) is 29.6 Å². The Bertz CT molecular complexity index is 1240. The maximum absolute atomic E-state index is 12.8. The van der Waals surface area contributed by atoms with Crippen LogP contribution in [0, 0.1) is 0 Å². The number of methoxy groups -OCH3 is 1. The van der Waals surface area contributed by atoms with E-state index in [1.165, 1.54) is 24.3 Å². The second kappa shape index (κ2) is 9.40. The monoisotopic (exact) mass is 435 g/mol. The van der Waals surface area contributed by atoms with Crippen molar-refractivity contribution < 1.29 is 23.2 Å². The van der Waals surface area contributed by atoms with Crippen LogP contribution in [0.4, 0.5) is 5.82 Å². The van der Waals surface area contributed by atoms with E-state index in [2.05, 4.69) is 20.5 Å². The van der Waals surface area contributed by atoms with Crippen molar-refractivity contribution in [2.45, 2.75) is 19.9 Å². The van der Waals surface area contributed by atoms with Gasteiger partial charge in [-0.2, -0.15) is 9.90 Å². The van der Waals surface area contributed by atoms with Crippen LogP contribution in [0.2, 0.25) is 0 Å². The summed E-state index contributed by atoms with van der Waals surface area (Å²) in [7, 11) is 1.65. The zero-order chi connectivity index (χ0) is 22.5. The topological polar surface area (TPSA) is 125 Å². The Hall–Kier alpha value is -4.05. The number of hydrogen-bond donors (Lipinski definition) is 1. The van der Waals surface area contributed by atoms with E-state index in [1.54, 1.807) is 19.2 Å². The van der Waals surface area contributed by atoms with Crippen LogP contribution in [0.5, 0.6) is 0 Å². The summed E-state index contributed by atoms with van der Waals surface area (Å²) >= 11 is 0. The number of anilines is 1. The molecular weight excluding hydrogens is 414 g/mol. The largest absolute Gasteiger partial charge is 0.456 e. The Balaban J connectivity index is 1.45. The SMILES string of the molecule is COCCc1cccc(-c2ocnc2C(=O)Nc2cnn(Cc3ccc(C(C)=O)o3)n2)c1. The molecule has 4 rings (SSSR count). The van der Waals surface area contributed by atoms with E-state index in [0.29, 0.717) is 18.1 Å². The fourth-order valence-electron chi connectivity index (χ4n) is 3.10. The summed E-state index contributed by atoms with van der Waals surface area (Å²) in [6.07, 6.45) is 3.39. The molecule has 0 fully saturated rings. The Morgan fingerprint density at radius 3 is 2.88 bits per heavy atom. The summed E-state index contributed by atoms with van der Waals surface area (Å²) in [5.74, 6) is 0.768. The molecule has 0 aliphatic rings. The zero-order valence-corrected chi connectivity index (χ0v) is 17.6. The van der Waals surface area contributed by atoms with Gasteiger partial charge in [-0.05, 0) is 30.2 Å². The summed E-state index contributed by atoms with van der Waals surface area (Å²) in [5, 5.41) is 11.0. The first-order valence-corrected chi connectivity index (χ1v) is 9.86. The lowest BCUT2D eigenvalue weighted by atomic mass is 10.1. The number of furan rings is 1. The van der Waals surface area contributed by atoms with E-state index in [0.717, 1.165) is 17.5 Å². The molecule has 1 N–H and O–H groups in total. The van der Waals surface area contributed by atoms with Crippen molar-refractivity contribution >= 4 is 17.5 Å². The van der Waals surface area contributed by atoms with E-state index < -0.39 is 5.91 Å². The van der Waals surface area contributed by atoms with Gasteiger partial charge < -0.3 is 18.9 Å². The van der Waals surface area contributed by atoms with Crippen LogP contribution in [0.25, 0.3) is 11.3 Å². The van der Waals surface area contributed by atoms with Crippen LogP contribution in [-0.2, 0) is 17.7 Å². The molecule has 0 saturated carbocycles. The number of Topliss-reactive ketones (excluding diaryl/α,β-unsaturated/α-hetero) is 1. The number of benzene rings is 1. The van der Waals surface area contributed by atoms with Gasteiger partial charge in [0.2, 0.25) is 0 Å². The third kappa shape index (κ3) is 4.81. The van der Waals surface area contributed by atoms with Crippen molar-refractivity contribution in [3.63, 3.8) is 0 Å². The standard InChI is InChI=1S/C22H21N5O5/c1-14(28)18-7-6-17(32-18)12-27-24-11-19(26-27)25-22(29)20-21(31-13-23-20)16-5-3-4-15(10-16)8-9-30-2/h3-7,10-11,13H,8-9,12H2,1-2H3,(H,25,26,29). The zero-order valence-electron chi connectivity index (χ0n) is 17.6. The molecule has 0 aliphatic carbocycles. The van der Waals surface area contributed by atoms with Gasteiger partial charge in [-0.15, -0.1) is 5.10 Å². The molecule has 0 radical (unpaired) electrons. The van der Waals surface area contributed by atoms with Crippen LogP contribution in [0.3, 0.4) is 0 Å². The number of rotatable bonds is 9. The Labute approximate surface area is 183 Å². The Morgan fingerprint density at radius 1 is 1.22 bits per heavy atom. The molecule has 1 aromatic carbocycles. The minimum atomic E-state index is -0.472. The van der Waals surface area contributed by atoms with E-state index in [9.17, 15) is 9.59 Å². The van der Waals surface area contributed by atoms with Gasteiger partial charge in [0.25, 0.3) is 5.91 Å². The number of nitrogens with one attached hydrogen (secondary N) is 1. The summed E-state index contributed by atoms with van der Waals surface area (Å²) in [5.41, 5.74) is 1.94. The molecule has 0 atom stereocenters. The fraction of sp³-hybridized carbons (Fsp3) is 0.227. The first kappa shape index (κ1) is 21.2. The van der Waals surface area contributed by atoms with E-state index >= 15 is 0 Å². The third-order valence-corrected chi connectivity index (χ3v) is 4.65. The predicted octanol–water partition coefficient (Wildman–Crippen LogP) is 3.22. The number of aromatic nitrogens is 4. The van der Waals surface area contributed by atoms with Crippen LogP contribution >= 0.6 is 0 Å². The lowest BCUT2D eigenvalue weighted by Gasteiger charge is -2.05. The highest BCUT2D eigenvalue weighted by Crippen LogP contribution is 2.25. The van der Waals surface area contributed by atoms with Crippen molar-refractivity contribution in [1.82, 2.24) is 20.0 Å². The number of hydrogen-bond acceptors (Lipinski definition) is 8. The van der Waals surface area contributed by atoms with Crippen molar-refractivity contribution in [3.8, 4) is 11.3 Å². The molecule has 32 heavy (non-hydrogen) atoms. The highest BCUT2D eigenvalue weighted by molar-refractivity contribution is 6.05. The first-order chi connectivity index (χ1) is 15.5. The second-order valence-corrected chi connectivity index (χ2v) is 7.01. The first-order valence-electron chi connectivity index (χ1n) is 9.86. The summed E-state index contributed by atoms with van der Waals surface area (Å²) in [6, 6.07) is 10.9. The molecule has 10 nitrogen and oxygen atoms in total. The lowest BCUT2D eigenvalue weighted by Crippen LogP contribution is -2.14. The average molecular weight is 435 g/mol. The number of amides is 1. The Kier molecular flexibility index (Phi) is 6.22. The van der Waals surface area contributed by atoms with Gasteiger partial charge in [0.1, 0.15) is 12.3 Å². The minimum Gasteiger partial charge on any atom is -0.456 e. The predicted molar refractivity (Wildman–Crippen MR) is 113 cm³/mol. The molecule has 10 heteroatoms. The van der Waals surface area contributed by atoms with Gasteiger partial charge in [-0.25, -0.2) is 4.98 Å². The molecule has 4 aromatic rings. The normalized spacial score (nSPS) is 10.9. The van der Waals surface area contributed by atoms with Gasteiger partial charge in [-0.1, -0.05) is 18.2 Å². The highest BCUT2D eigenvalue weighted by atomic mass is 16.5. The third-order valence-electron chi connectivity index (χ3n) is 4.65. The van der Waals surface area contributed by atoms with Gasteiger partial charge in [-0.3, -0.25) is 9.59 Å². The molecule has 0 aliphatic heterocycles. The number of ketones is 1. The molecule has 3 heterocycles. The number of nitrogens with zero attached hydrogens (tertiary/aromatic N) is 4. The van der Waals surface area contributed by atoms with Crippen LogP contribution < -0.4 is 5.32 Å². The van der Waals surface area contributed by atoms with Crippen molar-refractivity contribution in [2.24, 2.45) is 0 Å². The number of oxazole rings is 1. The fourth-order valence-corrected chi connectivity index (χ4v) is 3.10. The van der Waals surface area contributed by atoms with Crippen molar-refractivity contribution in [1.29, 1.82) is 0 Å². The van der Waals surface area contributed by atoms with Crippen LogP contribution in [0.15, 0.2) is 57.8 Å². The highest BCUT2D eigenvalue weighted by Gasteiger charge is 2.20. The van der Waals surface area contributed by atoms with Gasteiger partial charge in [0.15, 0.2) is 35.2 Å². The number of carbonyl (C=O) groups excluding carboxylic acids is 2. The molecule has 0 saturated heterocycles. The van der Waals surface area contributed by atoms with Crippen LogP contribution in [-0.4, -0.2) is 45.4 Å². The molecule has 0 spiro atoms. The Morgan fingerprint density at radius 2 is 2.09 bits per heavy atom. The molecule has 0 bridgehead atoms. The van der Waals surface area contributed by atoms with Crippen molar-refractivity contribution in [2.75, 3.05) is 19.0 Å². The lowest BCUT2D eigenvalue weighted by molar-refractivity contribution is 0.0983. The second-order valence-electron chi connectivity index (χ2n) is 7.01. The molecule has 164 valence electrons. The minimum absolute atomic E-state index is 0.139. The average Bonchev–Trinajstić information content (AvgIpc) is 3.54. The molecule has 1 amide bonds. The maximum atomic E-state index is 12.8. The van der Waals surface area contributed by atoms with Crippen LogP contribution in [0.1, 0.15) is 39.3 Å². The van der Waals surface area contributed by atoms with E-state index in [4.69, 9.17) is 13.6 Å². The van der Waals surface area contributed by atoms with Crippen molar-refractivity contribution in [3.05, 3.63) is 71.8 Å². The van der Waals surface area contributed by atoms with Gasteiger partial charge in [0.05, 0.1) is 12.8 Å².